The molecule has 0 saturated heterocycles. The van der Waals surface area contributed by atoms with Gasteiger partial charge in [-0.05, 0) is 42.9 Å². The fraction of sp³-hybridized carbons (Fsp3) is 0.600. The van der Waals surface area contributed by atoms with Gasteiger partial charge in [0.1, 0.15) is 5.38 Å². The number of hydrogen-bond donors (Lipinski definition) is 0. The lowest BCUT2D eigenvalue weighted by Gasteiger charge is -2.41. The Balaban J connectivity index is 1.82. The first-order valence-corrected chi connectivity index (χ1v) is 9.06. The molecular formula is C20H25ClO2. The maximum atomic E-state index is 12.9. The SMILES string of the molecule is CC(C)(C)C1CCC(C2C(=O)c3ccccc3C(=O)C2Cl)CC1. The monoisotopic (exact) mass is 332 g/mol. The fourth-order valence-corrected chi connectivity index (χ4v) is 4.77. The van der Waals surface area contributed by atoms with Gasteiger partial charge in [0.15, 0.2) is 11.6 Å². The molecule has 3 rings (SSSR count). The van der Waals surface area contributed by atoms with E-state index in [0.717, 1.165) is 25.7 Å². The first kappa shape index (κ1) is 16.7. The predicted molar refractivity (Wildman–Crippen MR) is 93.1 cm³/mol. The molecule has 0 heterocycles. The van der Waals surface area contributed by atoms with Gasteiger partial charge in [-0.15, -0.1) is 11.6 Å². The van der Waals surface area contributed by atoms with Crippen molar-refractivity contribution >= 4 is 23.2 Å². The quantitative estimate of drug-likeness (QED) is 0.667. The van der Waals surface area contributed by atoms with Crippen LogP contribution in [0, 0.1) is 23.2 Å². The number of ketones is 2. The summed E-state index contributed by atoms with van der Waals surface area (Å²) in [4.78, 5) is 25.5. The van der Waals surface area contributed by atoms with Crippen LogP contribution in [0.3, 0.4) is 0 Å². The first-order valence-electron chi connectivity index (χ1n) is 8.62. The van der Waals surface area contributed by atoms with Crippen LogP contribution in [0.25, 0.3) is 0 Å². The molecule has 2 nitrogen and oxygen atoms in total. The molecule has 23 heavy (non-hydrogen) atoms. The highest BCUT2D eigenvalue weighted by Crippen LogP contribution is 2.45. The second-order valence-electron chi connectivity index (χ2n) is 8.18. The van der Waals surface area contributed by atoms with E-state index in [0.29, 0.717) is 22.5 Å². The summed E-state index contributed by atoms with van der Waals surface area (Å²) in [5.41, 5.74) is 1.37. The second kappa shape index (κ2) is 6.05. The Morgan fingerprint density at radius 1 is 0.913 bits per heavy atom. The Kier molecular flexibility index (Phi) is 4.39. The van der Waals surface area contributed by atoms with Crippen LogP contribution >= 0.6 is 11.6 Å². The van der Waals surface area contributed by atoms with Crippen molar-refractivity contribution < 1.29 is 9.59 Å². The summed E-state index contributed by atoms with van der Waals surface area (Å²) in [5, 5.41) is -0.700. The normalized spacial score (nSPS) is 31.8. The van der Waals surface area contributed by atoms with Gasteiger partial charge in [0, 0.05) is 17.0 Å². The number of rotatable bonds is 1. The first-order chi connectivity index (χ1) is 10.8. The number of fused-ring (bicyclic) bond motifs is 1. The number of hydrogen-bond acceptors (Lipinski definition) is 2. The lowest BCUT2D eigenvalue weighted by atomic mass is 9.64. The molecule has 1 aromatic rings. The Hall–Kier alpha value is -1.15. The van der Waals surface area contributed by atoms with E-state index in [4.69, 9.17) is 11.6 Å². The molecule has 0 N–H and O–H groups in total. The second-order valence-corrected chi connectivity index (χ2v) is 8.65. The zero-order valence-electron chi connectivity index (χ0n) is 14.1. The molecule has 2 aliphatic rings. The summed E-state index contributed by atoms with van der Waals surface area (Å²) < 4.78 is 0. The number of carbonyl (C=O) groups excluding carboxylic acids is 2. The molecule has 0 amide bonds. The van der Waals surface area contributed by atoms with Crippen molar-refractivity contribution in [3.8, 4) is 0 Å². The van der Waals surface area contributed by atoms with Gasteiger partial charge in [0.25, 0.3) is 0 Å². The molecule has 2 atom stereocenters. The van der Waals surface area contributed by atoms with Crippen molar-refractivity contribution in [2.75, 3.05) is 0 Å². The van der Waals surface area contributed by atoms with E-state index >= 15 is 0 Å². The Labute approximate surface area is 143 Å². The largest absolute Gasteiger partial charge is 0.294 e. The molecule has 0 aliphatic heterocycles. The van der Waals surface area contributed by atoms with Crippen LogP contribution in [0.5, 0.6) is 0 Å². The topological polar surface area (TPSA) is 34.1 Å². The molecule has 0 radical (unpaired) electrons. The van der Waals surface area contributed by atoms with Crippen molar-refractivity contribution in [2.24, 2.45) is 23.2 Å². The van der Waals surface area contributed by atoms with Gasteiger partial charge in [0.05, 0.1) is 0 Å². The molecule has 0 aromatic heterocycles. The van der Waals surface area contributed by atoms with Crippen LogP contribution in [0.4, 0.5) is 0 Å². The number of alkyl halides is 1. The molecule has 1 fully saturated rings. The molecule has 2 unspecified atom stereocenters. The average Bonchev–Trinajstić information content (AvgIpc) is 2.53. The summed E-state index contributed by atoms with van der Waals surface area (Å²) in [6.07, 6.45) is 4.24. The third-order valence-corrected chi connectivity index (χ3v) is 6.30. The van der Waals surface area contributed by atoms with Gasteiger partial charge >= 0.3 is 0 Å². The van der Waals surface area contributed by atoms with E-state index in [1.165, 1.54) is 0 Å². The van der Waals surface area contributed by atoms with Gasteiger partial charge in [0.2, 0.25) is 0 Å². The third-order valence-electron chi connectivity index (χ3n) is 5.83. The number of Topliss-reactive ketones (excluding diaryl/α,β-unsaturated/α-hetero) is 2. The van der Waals surface area contributed by atoms with Crippen molar-refractivity contribution in [3.63, 3.8) is 0 Å². The molecule has 124 valence electrons. The van der Waals surface area contributed by atoms with Crippen LogP contribution in [-0.2, 0) is 0 Å². The summed E-state index contributed by atoms with van der Waals surface area (Å²) >= 11 is 6.44. The minimum Gasteiger partial charge on any atom is -0.294 e. The van der Waals surface area contributed by atoms with Gasteiger partial charge in [-0.25, -0.2) is 0 Å². The van der Waals surface area contributed by atoms with Gasteiger partial charge < -0.3 is 0 Å². The summed E-state index contributed by atoms with van der Waals surface area (Å²) in [5.74, 6) is 0.569. The van der Waals surface area contributed by atoms with Gasteiger partial charge in [-0.1, -0.05) is 45.0 Å². The lowest BCUT2D eigenvalue weighted by Crippen LogP contribution is -2.43. The molecule has 3 heteroatoms. The lowest BCUT2D eigenvalue weighted by molar-refractivity contribution is 0.0695. The summed E-state index contributed by atoms with van der Waals surface area (Å²) in [6.45, 7) is 6.86. The molecule has 1 saturated carbocycles. The molecular weight excluding hydrogens is 308 g/mol. The van der Waals surface area contributed by atoms with E-state index < -0.39 is 5.38 Å². The fourth-order valence-electron chi connectivity index (χ4n) is 4.33. The van der Waals surface area contributed by atoms with Crippen LogP contribution < -0.4 is 0 Å². The molecule has 0 spiro atoms. The molecule has 1 aromatic carbocycles. The third kappa shape index (κ3) is 2.98. The van der Waals surface area contributed by atoms with Crippen molar-refractivity contribution in [1.29, 1.82) is 0 Å². The average molecular weight is 333 g/mol. The van der Waals surface area contributed by atoms with E-state index in [-0.39, 0.29) is 23.4 Å². The molecule has 2 aliphatic carbocycles. The van der Waals surface area contributed by atoms with Crippen LogP contribution in [0.1, 0.15) is 67.2 Å². The summed E-state index contributed by atoms with van der Waals surface area (Å²) in [7, 11) is 0. The van der Waals surface area contributed by atoms with E-state index in [1.54, 1.807) is 18.2 Å². The van der Waals surface area contributed by atoms with Gasteiger partial charge in [-0.3, -0.25) is 9.59 Å². The van der Waals surface area contributed by atoms with Crippen LogP contribution in [0.2, 0.25) is 0 Å². The standard InChI is InChI=1S/C20H25ClO2/c1-20(2,3)13-10-8-12(9-11-13)16-17(21)19(23)15-7-5-4-6-14(15)18(16)22/h4-7,12-13,16-17H,8-11H2,1-3H3. The predicted octanol–water partition coefficient (Wildman–Crippen LogP) is 5.14. The smallest absolute Gasteiger partial charge is 0.182 e. The number of benzene rings is 1. The zero-order chi connectivity index (χ0) is 16.8. The Morgan fingerprint density at radius 2 is 1.43 bits per heavy atom. The van der Waals surface area contributed by atoms with Crippen LogP contribution in [-0.4, -0.2) is 16.9 Å². The highest BCUT2D eigenvalue weighted by atomic mass is 35.5. The number of carbonyl (C=O) groups is 2. The Bertz CT molecular complexity index is 621. The highest BCUT2D eigenvalue weighted by Gasteiger charge is 2.45. The van der Waals surface area contributed by atoms with E-state index in [2.05, 4.69) is 20.8 Å². The minimum atomic E-state index is -0.700. The maximum absolute atomic E-state index is 12.9. The summed E-state index contributed by atoms with van der Waals surface area (Å²) in [6, 6.07) is 7.11. The number of halogens is 1. The molecule has 0 bridgehead atoms. The Morgan fingerprint density at radius 3 is 1.96 bits per heavy atom. The van der Waals surface area contributed by atoms with Crippen molar-refractivity contribution in [1.82, 2.24) is 0 Å². The van der Waals surface area contributed by atoms with Gasteiger partial charge in [-0.2, -0.15) is 0 Å². The highest BCUT2D eigenvalue weighted by molar-refractivity contribution is 6.38. The van der Waals surface area contributed by atoms with Crippen molar-refractivity contribution in [3.05, 3.63) is 35.4 Å². The maximum Gasteiger partial charge on any atom is 0.182 e. The van der Waals surface area contributed by atoms with Crippen molar-refractivity contribution in [2.45, 2.75) is 51.8 Å². The minimum absolute atomic E-state index is 0.0689. The van der Waals surface area contributed by atoms with E-state index in [9.17, 15) is 9.59 Å². The van der Waals surface area contributed by atoms with Crippen LogP contribution in [0.15, 0.2) is 24.3 Å². The van der Waals surface area contributed by atoms with E-state index in [1.807, 2.05) is 6.07 Å². The zero-order valence-corrected chi connectivity index (χ0v) is 14.9.